The molecule has 0 bridgehead atoms. The van der Waals surface area contributed by atoms with Crippen LogP contribution in [-0.2, 0) is 11.2 Å². The third-order valence-corrected chi connectivity index (χ3v) is 9.88. The van der Waals surface area contributed by atoms with Gasteiger partial charge in [-0.05, 0) is 61.2 Å². The summed E-state index contributed by atoms with van der Waals surface area (Å²) < 4.78 is 6.05. The number of carbonyl (C=O) groups is 1. The van der Waals surface area contributed by atoms with Gasteiger partial charge in [0, 0.05) is 70.9 Å². The van der Waals surface area contributed by atoms with Crippen LogP contribution in [0, 0.1) is 5.92 Å². The van der Waals surface area contributed by atoms with Crippen LogP contribution in [0.15, 0.2) is 54.6 Å². The van der Waals surface area contributed by atoms with E-state index in [-0.39, 0.29) is 11.7 Å². The molecule has 2 aromatic carbocycles. The van der Waals surface area contributed by atoms with Crippen LogP contribution in [0.25, 0.3) is 11.3 Å². The molecule has 1 aliphatic carbocycles. The molecule has 46 heavy (non-hydrogen) atoms. The molecular formula is C36H49N7O3. The highest BCUT2D eigenvalue weighted by molar-refractivity contribution is 5.77. The summed E-state index contributed by atoms with van der Waals surface area (Å²) in [7, 11) is 0. The van der Waals surface area contributed by atoms with Crippen LogP contribution in [0.2, 0.25) is 0 Å². The second-order valence-corrected chi connectivity index (χ2v) is 13.0. The molecule has 3 fully saturated rings. The highest BCUT2D eigenvalue weighted by Crippen LogP contribution is 2.32. The fourth-order valence-electron chi connectivity index (χ4n) is 7.07. The zero-order valence-corrected chi connectivity index (χ0v) is 27.0. The number of benzene rings is 2. The number of carbonyl (C=O) groups excluding carboxylic acids is 1. The van der Waals surface area contributed by atoms with Gasteiger partial charge in [0.2, 0.25) is 5.91 Å². The van der Waals surface area contributed by atoms with Crippen molar-refractivity contribution in [3.63, 3.8) is 0 Å². The van der Waals surface area contributed by atoms with Crippen LogP contribution in [0.1, 0.15) is 44.1 Å². The number of para-hydroxylation sites is 1. The lowest BCUT2D eigenvalue weighted by Gasteiger charge is -2.37. The molecule has 10 heteroatoms. The van der Waals surface area contributed by atoms with Gasteiger partial charge in [-0.15, -0.1) is 10.2 Å². The van der Waals surface area contributed by atoms with Crippen molar-refractivity contribution in [2.45, 2.75) is 44.9 Å². The number of hydrogen-bond donors (Lipinski definition) is 2. The standard InChI is InChI=1S/C36H49N7O3/c37-36-33(27-32(38-39-36)31-8-3-4-9-34(31)44)42-20-22-43(23-21-42)35(45)10-5-15-40-16-18-41(19-17-40)24-25-46-30-13-11-29(12-14-30)26-28-6-1-2-7-28/h3-4,8-9,11-14,27-28,44H,1-2,5-7,10,15-26H2,(H2,37,39). The molecule has 1 amide bonds. The van der Waals surface area contributed by atoms with Crippen LogP contribution in [0.3, 0.4) is 0 Å². The summed E-state index contributed by atoms with van der Waals surface area (Å²) in [4.78, 5) is 22.1. The number of phenolic OH excluding ortho intramolecular Hbond substituents is 1. The number of phenols is 1. The van der Waals surface area contributed by atoms with Crippen molar-refractivity contribution in [2.75, 3.05) is 82.7 Å². The largest absolute Gasteiger partial charge is 0.507 e. The van der Waals surface area contributed by atoms with Crippen molar-refractivity contribution in [3.8, 4) is 22.8 Å². The Bertz CT molecular complexity index is 1410. The second-order valence-electron chi connectivity index (χ2n) is 13.0. The number of aromatic nitrogens is 2. The van der Waals surface area contributed by atoms with Crippen LogP contribution in [0.5, 0.6) is 11.5 Å². The minimum absolute atomic E-state index is 0.153. The number of nitrogens with two attached hydrogens (primary N) is 1. The average molecular weight is 628 g/mol. The fourth-order valence-corrected chi connectivity index (χ4v) is 7.07. The molecule has 3 aliphatic rings. The van der Waals surface area contributed by atoms with E-state index in [4.69, 9.17) is 10.5 Å². The molecule has 0 radical (unpaired) electrons. The minimum atomic E-state index is 0.153. The maximum absolute atomic E-state index is 13.0. The second kappa shape index (κ2) is 15.6. The lowest BCUT2D eigenvalue weighted by molar-refractivity contribution is -0.131. The third-order valence-electron chi connectivity index (χ3n) is 9.88. The van der Waals surface area contributed by atoms with Gasteiger partial charge in [0.25, 0.3) is 0 Å². The van der Waals surface area contributed by atoms with E-state index >= 15 is 0 Å². The Morgan fingerprint density at radius 3 is 2.28 bits per heavy atom. The van der Waals surface area contributed by atoms with E-state index in [1.165, 1.54) is 37.7 Å². The summed E-state index contributed by atoms with van der Waals surface area (Å²) in [6.45, 7) is 9.42. The van der Waals surface area contributed by atoms with Crippen molar-refractivity contribution >= 4 is 17.4 Å². The van der Waals surface area contributed by atoms with Crippen molar-refractivity contribution in [1.82, 2.24) is 24.9 Å². The van der Waals surface area contributed by atoms with Gasteiger partial charge in [-0.2, -0.15) is 0 Å². The molecule has 2 saturated heterocycles. The summed E-state index contributed by atoms with van der Waals surface area (Å²) in [5, 5.41) is 18.6. The van der Waals surface area contributed by atoms with Crippen LogP contribution >= 0.6 is 0 Å². The quantitative estimate of drug-likeness (QED) is 0.304. The molecule has 10 nitrogen and oxygen atoms in total. The molecule has 3 aromatic rings. The average Bonchev–Trinajstić information content (AvgIpc) is 3.60. The summed E-state index contributed by atoms with van der Waals surface area (Å²) in [5.74, 6) is 2.57. The summed E-state index contributed by atoms with van der Waals surface area (Å²) in [5.41, 5.74) is 9.59. The van der Waals surface area contributed by atoms with E-state index in [9.17, 15) is 9.90 Å². The lowest BCUT2D eigenvalue weighted by Crippen LogP contribution is -2.49. The molecule has 1 saturated carbocycles. The Morgan fingerprint density at radius 1 is 0.870 bits per heavy atom. The number of rotatable bonds is 12. The van der Waals surface area contributed by atoms with Gasteiger partial charge in [0.05, 0.1) is 11.4 Å². The van der Waals surface area contributed by atoms with E-state index in [2.05, 4.69) is 49.2 Å². The Kier molecular flexibility index (Phi) is 10.9. The highest BCUT2D eigenvalue weighted by Gasteiger charge is 2.24. The van der Waals surface area contributed by atoms with E-state index in [1.54, 1.807) is 12.1 Å². The van der Waals surface area contributed by atoms with Gasteiger partial charge < -0.3 is 30.3 Å². The molecule has 0 atom stereocenters. The number of ether oxygens (including phenoxy) is 1. The molecule has 6 rings (SSSR count). The predicted octanol–water partition coefficient (Wildman–Crippen LogP) is 4.29. The smallest absolute Gasteiger partial charge is 0.222 e. The SMILES string of the molecule is Nc1nnc(-c2ccccc2O)cc1N1CCN(C(=O)CCCN2CCN(CCOc3ccc(CC4CCCC4)cc3)CC2)CC1. The van der Waals surface area contributed by atoms with E-state index < -0.39 is 0 Å². The maximum atomic E-state index is 13.0. The van der Waals surface area contributed by atoms with Gasteiger partial charge in [0.15, 0.2) is 5.82 Å². The van der Waals surface area contributed by atoms with Crippen molar-refractivity contribution in [3.05, 3.63) is 60.2 Å². The third kappa shape index (κ3) is 8.47. The Hall–Kier alpha value is -3.89. The summed E-state index contributed by atoms with van der Waals surface area (Å²) in [6.07, 6.45) is 8.22. The number of nitrogens with zero attached hydrogens (tertiary/aromatic N) is 6. The maximum Gasteiger partial charge on any atom is 0.222 e. The summed E-state index contributed by atoms with van der Waals surface area (Å²) >= 11 is 0. The van der Waals surface area contributed by atoms with Gasteiger partial charge >= 0.3 is 0 Å². The van der Waals surface area contributed by atoms with E-state index in [0.29, 0.717) is 56.3 Å². The first-order chi connectivity index (χ1) is 22.5. The molecule has 1 aromatic heterocycles. The van der Waals surface area contributed by atoms with Gasteiger partial charge in [0.1, 0.15) is 18.1 Å². The number of piperazine rings is 2. The molecule has 246 valence electrons. The number of hydrogen-bond acceptors (Lipinski definition) is 9. The first-order valence-electron chi connectivity index (χ1n) is 17.1. The van der Waals surface area contributed by atoms with E-state index in [1.807, 2.05) is 23.1 Å². The molecule has 0 unspecified atom stereocenters. The zero-order valence-electron chi connectivity index (χ0n) is 27.0. The summed E-state index contributed by atoms with van der Waals surface area (Å²) in [6, 6.07) is 17.7. The number of anilines is 2. The first-order valence-corrected chi connectivity index (χ1v) is 17.1. The number of nitrogen functional groups attached to an aromatic ring is 1. The minimum Gasteiger partial charge on any atom is -0.507 e. The normalized spacial score (nSPS) is 18.3. The molecule has 0 spiro atoms. The molecule has 2 aliphatic heterocycles. The van der Waals surface area contributed by atoms with Crippen LogP contribution in [-0.4, -0.2) is 108 Å². The van der Waals surface area contributed by atoms with Gasteiger partial charge in [-0.3, -0.25) is 9.69 Å². The van der Waals surface area contributed by atoms with Gasteiger partial charge in [-0.1, -0.05) is 49.9 Å². The zero-order chi connectivity index (χ0) is 31.7. The predicted molar refractivity (Wildman–Crippen MR) is 182 cm³/mol. The van der Waals surface area contributed by atoms with Crippen molar-refractivity contribution < 1.29 is 14.6 Å². The van der Waals surface area contributed by atoms with E-state index in [0.717, 1.165) is 63.0 Å². The lowest BCUT2D eigenvalue weighted by atomic mass is 9.98. The number of aromatic hydroxyl groups is 1. The van der Waals surface area contributed by atoms with Crippen molar-refractivity contribution in [1.29, 1.82) is 0 Å². The monoisotopic (exact) mass is 627 g/mol. The molecule has 3 heterocycles. The Labute approximate surface area is 273 Å². The Morgan fingerprint density at radius 2 is 1.57 bits per heavy atom. The fraction of sp³-hybridized carbons (Fsp3) is 0.528. The van der Waals surface area contributed by atoms with Crippen LogP contribution < -0.4 is 15.4 Å². The van der Waals surface area contributed by atoms with Crippen molar-refractivity contribution in [2.24, 2.45) is 5.92 Å². The highest BCUT2D eigenvalue weighted by atomic mass is 16.5. The van der Waals surface area contributed by atoms with Crippen LogP contribution in [0.4, 0.5) is 11.5 Å². The topological polar surface area (TPSA) is 111 Å². The van der Waals surface area contributed by atoms with Gasteiger partial charge in [-0.25, -0.2) is 0 Å². The molecule has 3 N–H and O–H groups in total. The first kappa shape index (κ1) is 32.1. The number of amides is 1. The molecular weight excluding hydrogens is 578 g/mol. The Balaban J connectivity index is 0.851.